The Bertz CT molecular complexity index is 791. The molecule has 2 heterocycles. The molecule has 0 saturated carbocycles. The molecule has 1 aromatic heterocycles. The molecule has 0 bridgehead atoms. The minimum atomic E-state index is -0.382. The third-order valence-corrected chi connectivity index (χ3v) is 4.35. The van der Waals surface area contributed by atoms with Gasteiger partial charge in [-0.2, -0.15) is 5.01 Å². The SMILES string of the molecule is O=C(NN1C(=O)/C(=C\c2ccncc2)SC1=S)c1ccccc1. The van der Waals surface area contributed by atoms with E-state index in [1.54, 1.807) is 54.9 Å². The summed E-state index contributed by atoms with van der Waals surface area (Å²) in [6, 6.07) is 12.2. The molecule has 7 heteroatoms. The predicted octanol–water partition coefficient (Wildman–Crippen LogP) is 2.63. The second-order valence-electron chi connectivity index (χ2n) is 4.60. The van der Waals surface area contributed by atoms with Crippen LogP contribution in [0.25, 0.3) is 6.08 Å². The zero-order valence-electron chi connectivity index (χ0n) is 11.8. The zero-order chi connectivity index (χ0) is 16.2. The molecule has 0 atom stereocenters. The van der Waals surface area contributed by atoms with E-state index in [4.69, 9.17) is 12.2 Å². The van der Waals surface area contributed by atoms with Gasteiger partial charge in [0.25, 0.3) is 11.8 Å². The Hall–Kier alpha value is -2.51. The van der Waals surface area contributed by atoms with E-state index in [1.807, 2.05) is 6.07 Å². The monoisotopic (exact) mass is 341 g/mol. The van der Waals surface area contributed by atoms with E-state index in [2.05, 4.69) is 10.4 Å². The first-order valence-electron chi connectivity index (χ1n) is 6.69. The van der Waals surface area contributed by atoms with Gasteiger partial charge in [-0.05, 0) is 48.1 Å². The van der Waals surface area contributed by atoms with Crippen molar-refractivity contribution in [1.82, 2.24) is 15.4 Å². The van der Waals surface area contributed by atoms with Crippen LogP contribution in [0, 0.1) is 0 Å². The first-order chi connectivity index (χ1) is 11.1. The van der Waals surface area contributed by atoms with E-state index < -0.39 is 0 Å². The number of pyridine rings is 1. The highest BCUT2D eigenvalue weighted by molar-refractivity contribution is 8.26. The van der Waals surface area contributed by atoms with Crippen molar-refractivity contribution in [3.05, 3.63) is 70.9 Å². The summed E-state index contributed by atoms with van der Waals surface area (Å²) in [5.74, 6) is -0.729. The van der Waals surface area contributed by atoms with E-state index in [1.165, 1.54) is 0 Å². The van der Waals surface area contributed by atoms with Crippen LogP contribution < -0.4 is 5.43 Å². The van der Waals surface area contributed by atoms with Crippen LogP contribution in [0.15, 0.2) is 59.8 Å². The largest absolute Gasteiger partial charge is 0.285 e. The van der Waals surface area contributed by atoms with Crippen molar-refractivity contribution in [2.45, 2.75) is 0 Å². The minimum Gasteiger partial charge on any atom is -0.267 e. The fourth-order valence-electron chi connectivity index (χ4n) is 1.93. The Labute approximate surface area is 142 Å². The van der Waals surface area contributed by atoms with E-state index in [0.29, 0.717) is 14.8 Å². The van der Waals surface area contributed by atoms with Gasteiger partial charge in [-0.25, -0.2) is 0 Å². The van der Waals surface area contributed by atoms with Gasteiger partial charge in [0, 0.05) is 18.0 Å². The standard InChI is InChI=1S/C16H11N3O2S2/c20-14(12-4-2-1-3-5-12)18-19-15(21)13(23-16(19)22)10-11-6-8-17-9-7-11/h1-10H,(H,18,20)/b13-10+. The number of nitrogens with zero attached hydrogens (tertiary/aromatic N) is 2. The fraction of sp³-hybridized carbons (Fsp3) is 0. The highest BCUT2D eigenvalue weighted by atomic mass is 32.2. The summed E-state index contributed by atoms with van der Waals surface area (Å²) in [6.45, 7) is 0. The quantitative estimate of drug-likeness (QED) is 0.687. The van der Waals surface area contributed by atoms with Gasteiger partial charge in [-0.15, -0.1) is 0 Å². The van der Waals surface area contributed by atoms with Crippen molar-refractivity contribution in [2.75, 3.05) is 0 Å². The smallest absolute Gasteiger partial charge is 0.267 e. The van der Waals surface area contributed by atoms with Crippen molar-refractivity contribution in [1.29, 1.82) is 0 Å². The molecule has 23 heavy (non-hydrogen) atoms. The lowest BCUT2D eigenvalue weighted by Crippen LogP contribution is -2.44. The summed E-state index contributed by atoms with van der Waals surface area (Å²) in [6.07, 6.45) is 5.00. The van der Waals surface area contributed by atoms with Crippen LogP contribution in [0.2, 0.25) is 0 Å². The van der Waals surface area contributed by atoms with Crippen LogP contribution >= 0.6 is 24.0 Å². The Kier molecular flexibility index (Phi) is 4.50. The number of rotatable bonds is 3. The molecule has 0 unspecified atom stereocenters. The van der Waals surface area contributed by atoms with Crippen LogP contribution in [-0.4, -0.2) is 26.1 Å². The molecule has 0 radical (unpaired) electrons. The zero-order valence-corrected chi connectivity index (χ0v) is 13.4. The van der Waals surface area contributed by atoms with Crippen molar-refractivity contribution in [2.24, 2.45) is 0 Å². The number of carbonyl (C=O) groups excluding carboxylic acids is 2. The molecule has 2 amide bonds. The lowest BCUT2D eigenvalue weighted by atomic mass is 10.2. The van der Waals surface area contributed by atoms with Crippen LogP contribution in [0.3, 0.4) is 0 Å². The van der Waals surface area contributed by atoms with Crippen molar-refractivity contribution < 1.29 is 9.59 Å². The fourth-order valence-corrected chi connectivity index (χ4v) is 3.11. The number of hydrazine groups is 1. The van der Waals surface area contributed by atoms with E-state index in [9.17, 15) is 9.59 Å². The highest BCUT2D eigenvalue weighted by Crippen LogP contribution is 2.31. The van der Waals surface area contributed by atoms with Crippen LogP contribution in [0.5, 0.6) is 0 Å². The molecule has 114 valence electrons. The van der Waals surface area contributed by atoms with Gasteiger partial charge < -0.3 is 0 Å². The van der Waals surface area contributed by atoms with Crippen LogP contribution in [-0.2, 0) is 4.79 Å². The third-order valence-electron chi connectivity index (χ3n) is 3.05. The Morgan fingerprint density at radius 2 is 1.87 bits per heavy atom. The molecule has 1 aliphatic rings. The highest BCUT2D eigenvalue weighted by Gasteiger charge is 2.33. The normalized spacial score (nSPS) is 16.0. The van der Waals surface area contributed by atoms with Gasteiger partial charge in [0.2, 0.25) is 0 Å². The molecule has 0 spiro atoms. The number of benzene rings is 1. The van der Waals surface area contributed by atoms with E-state index >= 15 is 0 Å². The van der Waals surface area contributed by atoms with E-state index in [-0.39, 0.29) is 11.8 Å². The second-order valence-corrected chi connectivity index (χ2v) is 6.28. The molecule has 2 aromatic rings. The summed E-state index contributed by atoms with van der Waals surface area (Å²) >= 11 is 6.33. The summed E-state index contributed by atoms with van der Waals surface area (Å²) < 4.78 is 0.291. The summed E-state index contributed by atoms with van der Waals surface area (Å²) in [5, 5.41) is 1.10. The predicted molar refractivity (Wildman–Crippen MR) is 93.2 cm³/mol. The molecule has 1 N–H and O–H groups in total. The molecule has 1 fully saturated rings. The average Bonchev–Trinajstić information content (AvgIpc) is 2.84. The molecule has 1 saturated heterocycles. The molecule has 1 aromatic carbocycles. The van der Waals surface area contributed by atoms with Crippen LogP contribution in [0.4, 0.5) is 0 Å². The number of thiocarbonyl (C=S) groups is 1. The third kappa shape index (κ3) is 3.46. The van der Waals surface area contributed by atoms with Gasteiger partial charge in [-0.1, -0.05) is 30.0 Å². The first-order valence-corrected chi connectivity index (χ1v) is 7.91. The minimum absolute atomic E-state index is 0.291. The maximum absolute atomic E-state index is 12.4. The average molecular weight is 341 g/mol. The summed E-state index contributed by atoms with van der Waals surface area (Å²) in [4.78, 5) is 28.9. The lowest BCUT2D eigenvalue weighted by molar-refractivity contribution is -0.123. The number of nitrogens with one attached hydrogen (secondary N) is 1. The molecular formula is C16H11N3O2S2. The van der Waals surface area contributed by atoms with Gasteiger partial charge in [0.15, 0.2) is 4.32 Å². The number of carbonyl (C=O) groups is 2. The number of hydrogen-bond acceptors (Lipinski definition) is 5. The molecular weight excluding hydrogens is 330 g/mol. The van der Waals surface area contributed by atoms with Gasteiger partial charge in [-0.3, -0.25) is 20.0 Å². The van der Waals surface area contributed by atoms with Crippen LogP contribution in [0.1, 0.15) is 15.9 Å². The number of thioether (sulfide) groups is 1. The van der Waals surface area contributed by atoms with Gasteiger partial charge in [0.1, 0.15) is 0 Å². The van der Waals surface area contributed by atoms with Crippen molar-refractivity contribution >= 4 is 46.2 Å². The van der Waals surface area contributed by atoms with Crippen molar-refractivity contribution in [3.8, 4) is 0 Å². The number of aromatic nitrogens is 1. The van der Waals surface area contributed by atoms with Gasteiger partial charge >= 0.3 is 0 Å². The summed E-state index contributed by atoms with van der Waals surface area (Å²) in [5.41, 5.74) is 3.84. The van der Waals surface area contributed by atoms with E-state index in [0.717, 1.165) is 22.3 Å². The van der Waals surface area contributed by atoms with Gasteiger partial charge in [0.05, 0.1) is 4.91 Å². The lowest BCUT2D eigenvalue weighted by Gasteiger charge is -2.15. The Morgan fingerprint density at radius 1 is 1.17 bits per heavy atom. The Morgan fingerprint density at radius 3 is 2.57 bits per heavy atom. The topological polar surface area (TPSA) is 62.3 Å². The maximum atomic E-state index is 12.4. The molecule has 3 rings (SSSR count). The molecule has 5 nitrogen and oxygen atoms in total. The van der Waals surface area contributed by atoms with Crippen molar-refractivity contribution in [3.63, 3.8) is 0 Å². The summed E-state index contributed by atoms with van der Waals surface area (Å²) in [7, 11) is 0. The maximum Gasteiger partial charge on any atom is 0.285 e. The molecule has 0 aliphatic carbocycles. The second kappa shape index (κ2) is 6.72. The Balaban J connectivity index is 1.77. The first kappa shape index (κ1) is 15.4. The molecule has 1 aliphatic heterocycles. The number of amides is 2. The number of hydrogen-bond donors (Lipinski definition) is 1.